The highest BCUT2D eigenvalue weighted by molar-refractivity contribution is 5.79. The molecule has 0 spiro atoms. The molecule has 1 saturated heterocycles. The fraction of sp³-hybridized carbons (Fsp3) is 0.955. The van der Waals surface area contributed by atoms with Gasteiger partial charge in [0.2, 0.25) is 5.91 Å². The summed E-state index contributed by atoms with van der Waals surface area (Å²) in [6, 6.07) is 1.34. The van der Waals surface area contributed by atoms with Crippen LogP contribution in [0.1, 0.15) is 84.5 Å². The van der Waals surface area contributed by atoms with Crippen LogP contribution in [0.4, 0.5) is 0 Å². The van der Waals surface area contributed by atoms with Gasteiger partial charge in [0, 0.05) is 31.1 Å². The summed E-state index contributed by atoms with van der Waals surface area (Å²) in [5, 5.41) is 4.05. The third kappa shape index (κ3) is 3.38. The summed E-state index contributed by atoms with van der Waals surface area (Å²) in [5.41, 5.74) is 0.472. The first kappa shape index (κ1) is 17.8. The second kappa shape index (κ2) is 7.21. The Balaban J connectivity index is 1.27. The Kier molecular flexibility index (Phi) is 5.14. The van der Waals surface area contributed by atoms with Crippen molar-refractivity contribution in [3.8, 4) is 0 Å². The molecule has 0 radical (unpaired) electrons. The second-order valence-corrected chi connectivity index (χ2v) is 9.96. The van der Waals surface area contributed by atoms with Crippen molar-refractivity contribution in [2.45, 2.75) is 96.6 Å². The average Bonchev–Trinajstić information content (AvgIpc) is 2.67. The smallest absolute Gasteiger partial charge is 0.225 e. The summed E-state index contributed by atoms with van der Waals surface area (Å²) in [6.07, 6.45) is 14.2. The average molecular weight is 347 g/mol. The van der Waals surface area contributed by atoms with Gasteiger partial charge >= 0.3 is 0 Å². The van der Waals surface area contributed by atoms with E-state index in [0.29, 0.717) is 29.3 Å². The largest absolute Gasteiger partial charge is 0.342 e. The number of hydrogen-bond acceptors (Lipinski definition) is 2. The molecule has 4 fully saturated rings. The number of carbonyl (C=O) groups excluding carboxylic acids is 1. The van der Waals surface area contributed by atoms with Gasteiger partial charge in [0.1, 0.15) is 0 Å². The molecule has 25 heavy (non-hydrogen) atoms. The third-order valence-electron chi connectivity index (χ3n) is 8.18. The summed E-state index contributed by atoms with van der Waals surface area (Å²) in [5.74, 6) is 2.68. The number of nitrogens with one attached hydrogen (secondary N) is 1. The molecule has 3 saturated carbocycles. The van der Waals surface area contributed by atoms with Gasteiger partial charge in [0.15, 0.2) is 0 Å². The van der Waals surface area contributed by atoms with Crippen LogP contribution in [0.15, 0.2) is 0 Å². The SMILES string of the molecule is CC1(C)[C@H](NC2CCN(C(=O)C3CCCCC3)CC2)[C@@H]2CCCC[C@@H]21. The molecule has 3 aliphatic carbocycles. The van der Waals surface area contributed by atoms with Crippen LogP contribution in [0.5, 0.6) is 0 Å². The third-order valence-corrected chi connectivity index (χ3v) is 8.18. The predicted molar refractivity (Wildman–Crippen MR) is 102 cm³/mol. The lowest BCUT2D eigenvalue weighted by Gasteiger charge is -2.62. The van der Waals surface area contributed by atoms with Crippen LogP contribution in [0.2, 0.25) is 0 Å². The Morgan fingerprint density at radius 3 is 2.24 bits per heavy atom. The lowest BCUT2D eigenvalue weighted by Crippen LogP contribution is -2.67. The summed E-state index contributed by atoms with van der Waals surface area (Å²) in [4.78, 5) is 14.9. The summed E-state index contributed by atoms with van der Waals surface area (Å²) in [6.45, 7) is 6.93. The quantitative estimate of drug-likeness (QED) is 0.823. The molecule has 1 aliphatic heterocycles. The predicted octanol–water partition coefficient (Wildman–Crippen LogP) is 4.36. The highest BCUT2D eigenvalue weighted by Crippen LogP contribution is 2.57. The van der Waals surface area contributed by atoms with Crippen molar-refractivity contribution < 1.29 is 4.79 Å². The van der Waals surface area contributed by atoms with Gasteiger partial charge in [-0.05, 0) is 55.8 Å². The zero-order chi connectivity index (χ0) is 17.4. The van der Waals surface area contributed by atoms with E-state index in [9.17, 15) is 4.79 Å². The van der Waals surface area contributed by atoms with Crippen molar-refractivity contribution in [1.82, 2.24) is 10.2 Å². The molecule has 3 atom stereocenters. The van der Waals surface area contributed by atoms with Crippen LogP contribution >= 0.6 is 0 Å². The number of piperidine rings is 1. The first-order valence-electron chi connectivity index (χ1n) is 11.1. The first-order valence-corrected chi connectivity index (χ1v) is 11.1. The van der Waals surface area contributed by atoms with Crippen molar-refractivity contribution in [3.05, 3.63) is 0 Å². The molecule has 4 aliphatic rings. The Bertz CT molecular complexity index is 474. The van der Waals surface area contributed by atoms with Crippen LogP contribution in [0, 0.1) is 23.2 Å². The maximum atomic E-state index is 12.7. The van der Waals surface area contributed by atoms with E-state index >= 15 is 0 Å². The van der Waals surface area contributed by atoms with E-state index in [4.69, 9.17) is 0 Å². The molecular weight excluding hydrogens is 308 g/mol. The summed E-state index contributed by atoms with van der Waals surface area (Å²) >= 11 is 0. The molecule has 0 aromatic heterocycles. The minimum atomic E-state index is 0.340. The first-order chi connectivity index (χ1) is 12.1. The summed E-state index contributed by atoms with van der Waals surface area (Å²) in [7, 11) is 0. The fourth-order valence-corrected chi connectivity index (χ4v) is 6.61. The van der Waals surface area contributed by atoms with Crippen molar-refractivity contribution in [1.29, 1.82) is 0 Å². The Hall–Kier alpha value is -0.570. The monoisotopic (exact) mass is 346 g/mol. The van der Waals surface area contributed by atoms with Gasteiger partial charge in [-0.3, -0.25) is 4.79 Å². The van der Waals surface area contributed by atoms with Gasteiger partial charge in [0.05, 0.1) is 0 Å². The van der Waals surface area contributed by atoms with Crippen molar-refractivity contribution >= 4 is 5.91 Å². The van der Waals surface area contributed by atoms with Crippen molar-refractivity contribution in [3.63, 3.8) is 0 Å². The Labute approximate surface area is 154 Å². The molecule has 0 bridgehead atoms. The number of likely N-dealkylation sites (tertiary alicyclic amines) is 1. The van der Waals surface area contributed by atoms with E-state index in [1.807, 2.05) is 0 Å². The fourth-order valence-electron chi connectivity index (χ4n) is 6.61. The van der Waals surface area contributed by atoms with Gasteiger partial charge in [0.25, 0.3) is 0 Å². The minimum absolute atomic E-state index is 0.340. The van der Waals surface area contributed by atoms with E-state index in [1.54, 1.807) is 0 Å². The van der Waals surface area contributed by atoms with Crippen LogP contribution in [-0.2, 0) is 4.79 Å². The lowest BCUT2D eigenvalue weighted by molar-refractivity contribution is -0.138. The lowest BCUT2D eigenvalue weighted by atomic mass is 9.47. The van der Waals surface area contributed by atoms with E-state index < -0.39 is 0 Å². The number of nitrogens with zero attached hydrogens (tertiary/aromatic N) is 1. The Morgan fingerprint density at radius 1 is 0.880 bits per heavy atom. The molecule has 0 aromatic rings. The molecule has 3 heteroatoms. The molecule has 1 amide bonds. The topological polar surface area (TPSA) is 32.3 Å². The number of amides is 1. The van der Waals surface area contributed by atoms with Gasteiger partial charge in [-0.25, -0.2) is 0 Å². The molecule has 1 N–H and O–H groups in total. The van der Waals surface area contributed by atoms with Crippen LogP contribution in [-0.4, -0.2) is 36.0 Å². The highest BCUT2D eigenvalue weighted by atomic mass is 16.2. The van der Waals surface area contributed by atoms with E-state index in [2.05, 4.69) is 24.1 Å². The summed E-state index contributed by atoms with van der Waals surface area (Å²) < 4.78 is 0. The van der Waals surface area contributed by atoms with Gasteiger partial charge in [-0.2, -0.15) is 0 Å². The standard InChI is InChI=1S/C22H38N2O/c1-22(2)19-11-7-6-10-18(19)20(22)23-17-12-14-24(15-13-17)21(25)16-8-4-3-5-9-16/h16-20,23H,3-15H2,1-2H3/t18-,19+,20-/m1/s1. The number of fused-ring (bicyclic) bond motifs is 1. The van der Waals surface area contributed by atoms with Crippen LogP contribution < -0.4 is 5.32 Å². The molecule has 3 nitrogen and oxygen atoms in total. The van der Waals surface area contributed by atoms with Crippen LogP contribution in [0.3, 0.4) is 0 Å². The Morgan fingerprint density at radius 2 is 1.52 bits per heavy atom. The van der Waals surface area contributed by atoms with Gasteiger partial charge < -0.3 is 10.2 Å². The number of rotatable bonds is 3. The second-order valence-electron chi connectivity index (χ2n) is 9.96. The molecule has 0 aromatic carbocycles. The minimum Gasteiger partial charge on any atom is -0.342 e. The van der Waals surface area contributed by atoms with Gasteiger partial charge in [-0.15, -0.1) is 0 Å². The normalized spacial score (nSPS) is 36.6. The van der Waals surface area contributed by atoms with Gasteiger partial charge in [-0.1, -0.05) is 46.0 Å². The zero-order valence-electron chi connectivity index (χ0n) is 16.4. The molecule has 0 unspecified atom stereocenters. The number of carbonyl (C=O) groups is 1. The van der Waals surface area contributed by atoms with E-state index in [1.165, 1.54) is 44.9 Å². The molecular formula is C22H38N2O. The van der Waals surface area contributed by atoms with E-state index in [0.717, 1.165) is 50.6 Å². The molecule has 1 heterocycles. The van der Waals surface area contributed by atoms with Crippen LogP contribution in [0.25, 0.3) is 0 Å². The van der Waals surface area contributed by atoms with Crippen molar-refractivity contribution in [2.24, 2.45) is 23.2 Å². The maximum absolute atomic E-state index is 12.7. The van der Waals surface area contributed by atoms with E-state index in [-0.39, 0.29) is 0 Å². The highest BCUT2D eigenvalue weighted by Gasteiger charge is 2.56. The molecule has 4 rings (SSSR count). The number of hydrogen-bond donors (Lipinski definition) is 1. The maximum Gasteiger partial charge on any atom is 0.225 e. The molecule has 142 valence electrons. The zero-order valence-corrected chi connectivity index (χ0v) is 16.4. The van der Waals surface area contributed by atoms with Crippen molar-refractivity contribution in [2.75, 3.05) is 13.1 Å².